The second-order valence-electron chi connectivity index (χ2n) is 7.95. The minimum atomic E-state index is -1.13. The minimum Gasteiger partial charge on any atom is -0.463 e. The number of furan rings is 1. The highest BCUT2D eigenvalue weighted by Gasteiger charge is 2.26. The third kappa shape index (κ3) is 6.08. The summed E-state index contributed by atoms with van der Waals surface area (Å²) in [4.78, 5) is 7.07. The first-order valence-electron chi connectivity index (χ1n) is 10.6. The molecule has 0 saturated heterocycles. The number of benzene rings is 1. The van der Waals surface area contributed by atoms with Gasteiger partial charge < -0.3 is 20.2 Å². The number of nitrogens with one attached hydrogen (secondary N) is 2. The summed E-state index contributed by atoms with van der Waals surface area (Å²) in [6.45, 7) is 10.7. The number of aliphatic hydroxyl groups is 1. The van der Waals surface area contributed by atoms with Crippen LogP contribution in [-0.2, 0) is 18.6 Å². The zero-order valence-corrected chi connectivity index (χ0v) is 17.9. The summed E-state index contributed by atoms with van der Waals surface area (Å²) in [7, 11) is 0. The molecule has 158 valence electrons. The Morgan fingerprint density at radius 2 is 2.00 bits per heavy atom. The molecule has 0 amide bonds. The number of aryl methyl sites for hydroxylation is 1. The Balaban J connectivity index is 1.45. The van der Waals surface area contributed by atoms with Crippen LogP contribution in [0.1, 0.15) is 42.9 Å². The summed E-state index contributed by atoms with van der Waals surface area (Å²) in [5, 5.41) is 17.3. The molecule has 0 saturated carbocycles. The number of aliphatic imine (C=N–C) groups is 1. The van der Waals surface area contributed by atoms with E-state index in [0.717, 1.165) is 57.3 Å². The second kappa shape index (κ2) is 9.94. The number of guanidine groups is 1. The van der Waals surface area contributed by atoms with Gasteiger partial charge in [-0.2, -0.15) is 0 Å². The minimum absolute atomic E-state index is 0.234. The lowest BCUT2D eigenvalue weighted by atomic mass is 10.00. The molecule has 2 aromatic rings. The third-order valence-corrected chi connectivity index (χ3v) is 5.31. The molecule has 2 heterocycles. The average Bonchev–Trinajstić information content (AvgIpc) is 3.16. The molecule has 1 atom stereocenters. The first-order valence-corrected chi connectivity index (χ1v) is 10.6. The van der Waals surface area contributed by atoms with Crippen LogP contribution in [0.3, 0.4) is 0 Å². The smallest absolute Gasteiger partial charge is 0.191 e. The molecule has 0 spiro atoms. The van der Waals surface area contributed by atoms with E-state index in [-0.39, 0.29) is 6.54 Å². The quantitative estimate of drug-likeness (QED) is 0.362. The van der Waals surface area contributed by atoms with Crippen molar-refractivity contribution in [1.29, 1.82) is 0 Å². The summed E-state index contributed by atoms with van der Waals surface area (Å²) in [5.41, 5.74) is 1.82. The van der Waals surface area contributed by atoms with E-state index in [1.165, 1.54) is 11.1 Å². The van der Waals surface area contributed by atoms with Gasteiger partial charge in [-0.3, -0.25) is 4.90 Å². The first-order chi connectivity index (χ1) is 14.0. The van der Waals surface area contributed by atoms with E-state index in [1.54, 1.807) is 6.92 Å². The van der Waals surface area contributed by atoms with Crippen LogP contribution in [0.15, 0.2) is 45.8 Å². The molecule has 3 rings (SSSR count). The fraction of sp³-hybridized carbons (Fsp3) is 0.522. The number of hydrogen-bond acceptors (Lipinski definition) is 4. The Morgan fingerprint density at radius 3 is 2.72 bits per heavy atom. The van der Waals surface area contributed by atoms with E-state index in [0.29, 0.717) is 5.76 Å². The van der Waals surface area contributed by atoms with Crippen molar-refractivity contribution in [2.75, 3.05) is 32.7 Å². The Hall–Kier alpha value is -2.31. The SMILES string of the molecule is CCNC(=NCC(C)(O)c1ccc(C)o1)NCCCN1CCc2ccccc2C1. The molecule has 6 heteroatoms. The van der Waals surface area contributed by atoms with Gasteiger partial charge in [0.15, 0.2) is 5.96 Å². The largest absolute Gasteiger partial charge is 0.463 e. The molecule has 1 aliphatic rings. The Kier molecular flexibility index (Phi) is 7.34. The maximum absolute atomic E-state index is 10.7. The fourth-order valence-electron chi connectivity index (χ4n) is 3.63. The Labute approximate surface area is 174 Å². The van der Waals surface area contributed by atoms with E-state index >= 15 is 0 Å². The van der Waals surface area contributed by atoms with Crippen molar-refractivity contribution in [3.05, 3.63) is 59.0 Å². The number of fused-ring (bicyclic) bond motifs is 1. The molecule has 1 aliphatic heterocycles. The number of hydrogen-bond donors (Lipinski definition) is 3. The van der Waals surface area contributed by atoms with Crippen molar-refractivity contribution in [2.24, 2.45) is 4.99 Å². The third-order valence-electron chi connectivity index (χ3n) is 5.31. The van der Waals surface area contributed by atoms with Gasteiger partial charge in [-0.15, -0.1) is 0 Å². The van der Waals surface area contributed by atoms with Crippen LogP contribution in [0, 0.1) is 6.92 Å². The highest BCUT2D eigenvalue weighted by molar-refractivity contribution is 5.79. The predicted molar refractivity (Wildman–Crippen MR) is 117 cm³/mol. The van der Waals surface area contributed by atoms with Gasteiger partial charge in [-0.05, 0) is 56.9 Å². The summed E-state index contributed by atoms with van der Waals surface area (Å²) in [5.74, 6) is 2.05. The molecule has 1 aromatic carbocycles. The van der Waals surface area contributed by atoms with Gasteiger partial charge in [-0.1, -0.05) is 24.3 Å². The molecule has 29 heavy (non-hydrogen) atoms. The summed E-state index contributed by atoms with van der Waals surface area (Å²) in [6, 6.07) is 12.4. The molecule has 1 unspecified atom stereocenters. The zero-order chi connectivity index (χ0) is 20.7. The normalized spacial score (nSPS) is 16.9. The Bertz CT molecular complexity index is 813. The lowest BCUT2D eigenvalue weighted by Gasteiger charge is -2.28. The number of nitrogens with zero attached hydrogens (tertiary/aromatic N) is 2. The van der Waals surface area contributed by atoms with Crippen molar-refractivity contribution in [2.45, 2.75) is 45.8 Å². The summed E-state index contributed by atoms with van der Waals surface area (Å²) < 4.78 is 5.57. The lowest BCUT2D eigenvalue weighted by molar-refractivity contribution is 0.0428. The molecule has 6 nitrogen and oxygen atoms in total. The van der Waals surface area contributed by atoms with E-state index in [4.69, 9.17) is 4.42 Å². The van der Waals surface area contributed by atoms with E-state index in [1.807, 2.05) is 26.0 Å². The predicted octanol–water partition coefficient (Wildman–Crippen LogP) is 2.80. The maximum atomic E-state index is 10.7. The van der Waals surface area contributed by atoms with Crippen molar-refractivity contribution >= 4 is 5.96 Å². The monoisotopic (exact) mass is 398 g/mol. The van der Waals surface area contributed by atoms with Crippen LogP contribution < -0.4 is 10.6 Å². The molecule has 0 radical (unpaired) electrons. The molecular weight excluding hydrogens is 364 g/mol. The zero-order valence-electron chi connectivity index (χ0n) is 17.9. The van der Waals surface area contributed by atoms with Crippen molar-refractivity contribution in [3.8, 4) is 0 Å². The fourth-order valence-corrected chi connectivity index (χ4v) is 3.63. The summed E-state index contributed by atoms with van der Waals surface area (Å²) in [6.07, 6.45) is 2.18. The standard InChI is InChI=1S/C23H34N4O2/c1-4-24-22(26-17-23(3,28)21-11-10-18(2)29-21)25-13-7-14-27-15-12-19-8-5-6-9-20(19)16-27/h5-6,8-11,28H,4,7,12-17H2,1-3H3,(H2,24,25,26). The second-order valence-corrected chi connectivity index (χ2v) is 7.95. The molecule has 0 aliphatic carbocycles. The molecule has 3 N–H and O–H groups in total. The van der Waals surface area contributed by atoms with Crippen LogP contribution in [0.25, 0.3) is 0 Å². The first kappa shape index (κ1) is 21.4. The van der Waals surface area contributed by atoms with Crippen LogP contribution in [0.4, 0.5) is 0 Å². The van der Waals surface area contributed by atoms with E-state index < -0.39 is 5.60 Å². The van der Waals surface area contributed by atoms with Gasteiger partial charge in [0.1, 0.15) is 17.1 Å². The van der Waals surface area contributed by atoms with Crippen molar-refractivity contribution in [3.63, 3.8) is 0 Å². The topological polar surface area (TPSA) is 73.0 Å². The number of rotatable bonds is 8. The van der Waals surface area contributed by atoms with Crippen molar-refractivity contribution < 1.29 is 9.52 Å². The van der Waals surface area contributed by atoms with Gasteiger partial charge in [-0.25, -0.2) is 4.99 Å². The lowest BCUT2D eigenvalue weighted by Crippen LogP contribution is -2.40. The van der Waals surface area contributed by atoms with Crippen LogP contribution in [0.2, 0.25) is 0 Å². The van der Waals surface area contributed by atoms with E-state index in [9.17, 15) is 5.11 Å². The van der Waals surface area contributed by atoms with Gasteiger partial charge in [0.05, 0.1) is 6.54 Å². The highest BCUT2D eigenvalue weighted by atomic mass is 16.4. The molecular formula is C23H34N4O2. The van der Waals surface area contributed by atoms with Crippen LogP contribution in [0.5, 0.6) is 0 Å². The molecule has 0 bridgehead atoms. The van der Waals surface area contributed by atoms with Gasteiger partial charge in [0.2, 0.25) is 0 Å². The van der Waals surface area contributed by atoms with Crippen LogP contribution in [-0.4, -0.2) is 48.7 Å². The van der Waals surface area contributed by atoms with Gasteiger partial charge in [0, 0.05) is 32.7 Å². The Morgan fingerprint density at radius 1 is 1.21 bits per heavy atom. The maximum Gasteiger partial charge on any atom is 0.191 e. The van der Waals surface area contributed by atoms with Gasteiger partial charge >= 0.3 is 0 Å². The summed E-state index contributed by atoms with van der Waals surface area (Å²) >= 11 is 0. The van der Waals surface area contributed by atoms with Crippen molar-refractivity contribution in [1.82, 2.24) is 15.5 Å². The average molecular weight is 399 g/mol. The molecule has 0 fully saturated rings. The highest BCUT2D eigenvalue weighted by Crippen LogP contribution is 2.23. The van der Waals surface area contributed by atoms with Crippen LogP contribution >= 0.6 is 0 Å². The van der Waals surface area contributed by atoms with E-state index in [2.05, 4.69) is 44.8 Å². The molecule has 1 aromatic heterocycles. The van der Waals surface area contributed by atoms with Gasteiger partial charge in [0.25, 0.3) is 0 Å².